The van der Waals surface area contributed by atoms with Crippen molar-refractivity contribution in [2.75, 3.05) is 55.6 Å². The van der Waals surface area contributed by atoms with Crippen molar-refractivity contribution in [1.82, 2.24) is 30.2 Å². The lowest BCUT2D eigenvalue weighted by Crippen LogP contribution is -2.48. The van der Waals surface area contributed by atoms with Gasteiger partial charge in [0.15, 0.2) is 0 Å². The molecule has 9 aromatic rings. The highest BCUT2D eigenvalue weighted by atomic mass is 79.9. The first-order valence-electron chi connectivity index (χ1n) is 30.3. The molecule has 7 heterocycles. The monoisotopic (exact) mass is 1590 g/mol. The molecule has 4 aliphatic rings. The number of carboxylic acid groups (broad SMARTS) is 1. The lowest BCUT2D eigenvalue weighted by molar-refractivity contribution is -0.141. The number of rotatable bonds is 17. The zero-order valence-electron chi connectivity index (χ0n) is 50.9. The maximum Gasteiger partial charge on any atom is 0.308 e. The standard InChI is InChI=1S/C32H36Cl2N4O4.C16H15ClN2O3.C11H7BrClNO.C6H4BrClO.C5H4BrN.CH4/c33-25-10-9-24(42-30-5-1-2-13-35-30)18-28(25)38-16-12-22(19-38)32(40)36-27(20-37-14-3-4-15-37)31(39)21-6-11-29(26(34)17-21)41-23-7-8-23;17-13-5-4-12(22-15-3-1-2-7-18-15)9-14(13)19-8-6-11(10-19)16(20)21;12-9-7-8(4-5-10(9)13)15-11-3-1-2-6-14-11;7-5-3-4(9)1-2-6(5)8;6-5-3-1-2-4-7-5;/h1-2,5-6,9-11,13,17-18,22-23,27,31,39H,3-4,7-8,12,14-16,19-20H2,(H,36,40);1-5,7,9,11H,6,8,10H2,(H,20,21);1-7H;1-3,9H;1-4H;1H4/t22-,27-,31-;11-;;;;/m11..../s1. The predicted octanol–water partition coefficient (Wildman–Crippen LogP) is 18.9. The van der Waals surface area contributed by atoms with E-state index >= 15 is 0 Å². The number of hydrogen-bond acceptors (Lipinski definition) is 15. The maximum atomic E-state index is 13.6. The van der Waals surface area contributed by atoms with Crippen LogP contribution >= 0.6 is 106 Å². The number of aliphatic carboxylic acids is 1. The number of likely N-dealkylation sites (tertiary alicyclic amines) is 1. The summed E-state index contributed by atoms with van der Waals surface area (Å²) in [5.41, 5.74) is 2.27. The molecule has 1 saturated carbocycles. The lowest BCUT2D eigenvalue weighted by atomic mass is 10.00. The topological polar surface area (TPSA) is 205 Å². The molecule has 3 aliphatic heterocycles. The second-order valence-electron chi connectivity index (χ2n) is 22.1. The minimum atomic E-state index is -0.908. The highest BCUT2D eigenvalue weighted by Gasteiger charge is 2.35. The van der Waals surface area contributed by atoms with Crippen LogP contribution in [0.1, 0.15) is 57.6 Å². The summed E-state index contributed by atoms with van der Waals surface area (Å²) in [7, 11) is 0. The summed E-state index contributed by atoms with van der Waals surface area (Å²) in [6.07, 6.45) is 11.7. The van der Waals surface area contributed by atoms with Crippen molar-refractivity contribution in [2.45, 2.75) is 64.2 Å². The van der Waals surface area contributed by atoms with Gasteiger partial charge in [0.05, 0.1) is 60.5 Å². The molecule has 504 valence electrons. The Kier molecular flexibility index (Phi) is 29.4. The quantitative estimate of drug-likeness (QED) is 0.0626. The number of aliphatic hydroxyl groups is 1. The van der Waals surface area contributed by atoms with Gasteiger partial charge in [0, 0.05) is 96.8 Å². The Labute approximate surface area is 609 Å². The van der Waals surface area contributed by atoms with Gasteiger partial charge in [-0.2, -0.15) is 0 Å². The van der Waals surface area contributed by atoms with Gasteiger partial charge in [-0.05, 0) is 208 Å². The summed E-state index contributed by atoms with van der Waals surface area (Å²) in [5, 5.41) is 35.5. The number of carboxylic acids is 1. The van der Waals surface area contributed by atoms with Crippen LogP contribution in [0.25, 0.3) is 0 Å². The van der Waals surface area contributed by atoms with Gasteiger partial charge < -0.3 is 54.3 Å². The number of amides is 1. The number of hydrogen-bond donors (Lipinski definition) is 4. The van der Waals surface area contributed by atoms with E-state index in [0.717, 1.165) is 59.2 Å². The van der Waals surface area contributed by atoms with E-state index in [1.165, 1.54) is 6.07 Å². The normalized spacial score (nSPS) is 16.0. The number of nitrogens with zero attached hydrogens (tertiary/aromatic N) is 7. The minimum absolute atomic E-state index is 0. The van der Waals surface area contributed by atoms with Gasteiger partial charge in [0.25, 0.3) is 0 Å². The zero-order chi connectivity index (χ0) is 67.2. The van der Waals surface area contributed by atoms with Crippen LogP contribution in [0.3, 0.4) is 0 Å². The molecule has 17 nitrogen and oxygen atoms in total. The van der Waals surface area contributed by atoms with E-state index in [-0.39, 0.29) is 37.0 Å². The van der Waals surface area contributed by atoms with Gasteiger partial charge in [0.2, 0.25) is 23.5 Å². The number of phenols is 1. The largest absolute Gasteiger partial charge is 0.508 e. The van der Waals surface area contributed by atoms with Crippen LogP contribution in [0.15, 0.2) is 202 Å². The van der Waals surface area contributed by atoms with E-state index in [0.29, 0.717) is 121 Å². The molecule has 0 unspecified atom stereocenters. The van der Waals surface area contributed by atoms with E-state index in [9.17, 15) is 14.7 Å². The van der Waals surface area contributed by atoms with Crippen molar-refractivity contribution in [3.8, 4) is 46.4 Å². The molecule has 13 rings (SSSR count). The number of anilines is 2. The van der Waals surface area contributed by atoms with E-state index in [1.54, 1.807) is 97.6 Å². The molecule has 1 aliphatic carbocycles. The second-order valence-corrected chi connectivity index (χ2v) is 26.7. The highest BCUT2D eigenvalue weighted by Crippen LogP contribution is 2.39. The summed E-state index contributed by atoms with van der Waals surface area (Å²) < 4.78 is 25.4. The average Bonchev–Trinajstić information content (AvgIpc) is 1.64. The van der Waals surface area contributed by atoms with Gasteiger partial charge in [-0.3, -0.25) is 9.59 Å². The second kappa shape index (κ2) is 37.7. The molecule has 0 bridgehead atoms. The highest BCUT2D eigenvalue weighted by molar-refractivity contribution is 9.11. The summed E-state index contributed by atoms with van der Waals surface area (Å²) >= 11 is 40.5. The fourth-order valence-electron chi connectivity index (χ4n) is 10.1. The molecule has 4 aromatic heterocycles. The van der Waals surface area contributed by atoms with E-state index in [1.807, 2.05) is 89.8 Å². The van der Waals surface area contributed by atoms with Crippen molar-refractivity contribution in [2.24, 2.45) is 11.8 Å². The first-order chi connectivity index (χ1) is 45.9. The molecule has 3 saturated heterocycles. The third-order valence-corrected chi connectivity index (χ3v) is 18.9. The Morgan fingerprint density at radius 3 is 1.45 bits per heavy atom. The number of aliphatic hydroxyl groups excluding tert-OH is 1. The molecule has 0 spiro atoms. The summed E-state index contributed by atoms with van der Waals surface area (Å²) in [4.78, 5) is 47.4. The van der Waals surface area contributed by atoms with Crippen LogP contribution in [-0.2, 0) is 9.59 Å². The fraction of sp³-hybridized carbons (Fsp3) is 0.268. The van der Waals surface area contributed by atoms with Gasteiger partial charge in [-0.15, -0.1) is 0 Å². The van der Waals surface area contributed by atoms with Gasteiger partial charge in [-0.25, -0.2) is 19.9 Å². The van der Waals surface area contributed by atoms with Crippen LogP contribution < -0.4 is 34.1 Å². The first-order valence-corrected chi connectivity index (χ1v) is 34.6. The van der Waals surface area contributed by atoms with E-state index in [2.05, 4.69) is 82.8 Å². The number of carbonyl (C=O) groups excluding carboxylic acids is 1. The average molecular weight is 1600 g/mol. The third-order valence-electron chi connectivity index (χ3n) is 15.1. The van der Waals surface area contributed by atoms with Crippen LogP contribution in [0.2, 0.25) is 25.1 Å². The summed E-state index contributed by atoms with van der Waals surface area (Å²) in [6, 6.07) is 48.0. The number of pyridine rings is 4. The van der Waals surface area contributed by atoms with Crippen LogP contribution in [0, 0.1) is 11.8 Å². The smallest absolute Gasteiger partial charge is 0.308 e. The number of aromatic hydroxyl groups is 1. The maximum absolute atomic E-state index is 13.6. The fourth-order valence-corrected chi connectivity index (χ4v) is 12.0. The molecule has 5 aromatic carbocycles. The van der Waals surface area contributed by atoms with Crippen molar-refractivity contribution >= 4 is 129 Å². The number of nitrogens with one attached hydrogen (secondary N) is 1. The van der Waals surface area contributed by atoms with Crippen LogP contribution in [-0.4, -0.2) is 110 Å². The third kappa shape index (κ3) is 23.4. The Morgan fingerprint density at radius 2 is 1.02 bits per heavy atom. The number of carbonyl (C=O) groups is 2. The summed E-state index contributed by atoms with van der Waals surface area (Å²) in [6.45, 7) is 4.82. The van der Waals surface area contributed by atoms with Crippen LogP contribution in [0.4, 0.5) is 11.4 Å². The molecule has 25 heteroatoms. The van der Waals surface area contributed by atoms with Crippen molar-refractivity contribution in [3.05, 3.63) is 233 Å². The van der Waals surface area contributed by atoms with E-state index < -0.39 is 18.1 Å². The van der Waals surface area contributed by atoms with Crippen LogP contribution in [0.5, 0.6) is 46.4 Å². The molecular formula is C71H70Br3Cl5N8O9. The first kappa shape index (κ1) is 74.8. The van der Waals surface area contributed by atoms with Gasteiger partial charge >= 0.3 is 5.97 Å². The molecule has 4 fully saturated rings. The Balaban J connectivity index is 0.000000180. The van der Waals surface area contributed by atoms with Crippen molar-refractivity contribution < 1.29 is 43.9 Å². The minimum Gasteiger partial charge on any atom is -0.508 e. The molecule has 4 N–H and O–H groups in total. The Hall–Kier alpha value is -6.95. The zero-order valence-corrected chi connectivity index (χ0v) is 59.5. The number of benzene rings is 5. The van der Waals surface area contributed by atoms with Gasteiger partial charge in [-0.1, -0.05) is 95.8 Å². The number of halogens is 8. The number of phenolic OH excluding ortho intramolecular Hbond substituents is 1. The Morgan fingerprint density at radius 1 is 0.542 bits per heavy atom. The van der Waals surface area contributed by atoms with E-state index in [4.69, 9.17) is 87.2 Å². The number of aromatic nitrogens is 4. The van der Waals surface area contributed by atoms with Gasteiger partial charge in [0.1, 0.15) is 39.5 Å². The SMILES string of the molecule is Brc1ccccn1.C.Clc1ccc(Oc2ccccn2)cc1Br.O=C(N[C@H](CN1CCCC1)[C@H](O)c1ccc(OC2CC2)c(Cl)c1)[C@@H]1CCN(c2cc(Oc3ccccn3)ccc2Cl)C1.O=C(O)[C@@H]1CCN(c2cc(Oc3ccccn3)ccc2Cl)C1.Oc1ccc(Cl)c(Br)c1. The number of ether oxygens (including phenoxy) is 4. The molecule has 1 amide bonds. The molecule has 4 atom stereocenters. The molecule has 96 heavy (non-hydrogen) atoms. The molecule has 0 radical (unpaired) electrons. The lowest BCUT2D eigenvalue weighted by Gasteiger charge is -2.30. The molecular weight excluding hydrogens is 1530 g/mol. The van der Waals surface area contributed by atoms with Crippen molar-refractivity contribution in [1.29, 1.82) is 0 Å². The van der Waals surface area contributed by atoms with Crippen molar-refractivity contribution in [3.63, 3.8) is 0 Å². The predicted molar refractivity (Wildman–Crippen MR) is 390 cm³/mol. The summed E-state index contributed by atoms with van der Waals surface area (Å²) in [5.74, 6) is 2.93. The Bertz CT molecular complexity index is 3940.